The minimum Gasteiger partial charge on any atom is -0.392 e. The highest BCUT2D eigenvalue weighted by atomic mass is 19.4. The summed E-state index contributed by atoms with van der Waals surface area (Å²) in [5, 5.41) is 11.4. The van der Waals surface area contributed by atoms with Crippen LogP contribution in [0.15, 0.2) is 12.3 Å². The number of aliphatic hydroxyl groups excluding tert-OH is 1. The average Bonchev–Trinajstić information content (AvgIpc) is 2.14. The number of nitrogens with one attached hydrogen (secondary N) is 1. The van der Waals surface area contributed by atoms with Crippen molar-refractivity contribution in [2.45, 2.75) is 19.2 Å². The van der Waals surface area contributed by atoms with Gasteiger partial charge in [-0.05, 0) is 13.0 Å². The van der Waals surface area contributed by atoms with Crippen LogP contribution in [-0.4, -0.2) is 27.7 Å². The normalized spacial score (nSPS) is 13.7. The van der Waals surface area contributed by atoms with E-state index in [0.29, 0.717) is 0 Å². The molecule has 0 aliphatic carbocycles. The number of nitrogens with zero attached hydrogens (tertiary/aromatic N) is 2. The van der Waals surface area contributed by atoms with Crippen LogP contribution in [0.3, 0.4) is 0 Å². The maximum absolute atomic E-state index is 12.2. The predicted octanol–water partition coefficient (Wildman–Crippen LogP) is 1.29. The number of hydrogen-bond donors (Lipinski definition) is 2. The summed E-state index contributed by atoms with van der Waals surface area (Å²) in [4.78, 5) is 6.85. The Morgan fingerprint density at radius 1 is 1.53 bits per heavy atom. The molecule has 0 fully saturated rings. The summed E-state index contributed by atoms with van der Waals surface area (Å²) in [5.41, 5.74) is -1.01. The van der Waals surface area contributed by atoms with E-state index in [4.69, 9.17) is 5.11 Å². The van der Waals surface area contributed by atoms with Crippen molar-refractivity contribution in [2.24, 2.45) is 0 Å². The minimum absolute atomic E-state index is 0.0985. The van der Waals surface area contributed by atoms with E-state index in [1.165, 1.54) is 6.92 Å². The van der Waals surface area contributed by atoms with Crippen molar-refractivity contribution in [2.75, 3.05) is 11.9 Å². The number of hydrogen-bond acceptors (Lipinski definition) is 4. The van der Waals surface area contributed by atoms with E-state index in [1.807, 2.05) is 0 Å². The fourth-order valence-corrected chi connectivity index (χ4v) is 0.841. The third kappa shape index (κ3) is 3.70. The average molecular weight is 221 g/mol. The highest BCUT2D eigenvalue weighted by molar-refractivity contribution is 5.26. The van der Waals surface area contributed by atoms with Gasteiger partial charge in [0.1, 0.15) is 5.69 Å². The molecule has 1 rings (SSSR count). The molecule has 15 heavy (non-hydrogen) atoms. The van der Waals surface area contributed by atoms with Crippen molar-refractivity contribution in [3.05, 3.63) is 18.0 Å². The molecule has 4 nitrogen and oxygen atoms in total. The summed E-state index contributed by atoms with van der Waals surface area (Å²) in [6.45, 7) is 1.60. The molecule has 0 saturated carbocycles. The van der Waals surface area contributed by atoms with Crippen molar-refractivity contribution in [3.63, 3.8) is 0 Å². The molecule has 2 N–H and O–H groups in total. The molecule has 84 valence electrons. The monoisotopic (exact) mass is 221 g/mol. The van der Waals surface area contributed by atoms with Gasteiger partial charge in [-0.25, -0.2) is 9.97 Å². The van der Waals surface area contributed by atoms with Gasteiger partial charge < -0.3 is 10.4 Å². The zero-order chi connectivity index (χ0) is 11.5. The second kappa shape index (κ2) is 4.43. The van der Waals surface area contributed by atoms with E-state index in [-0.39, 0.29) is 12.5 Å². The molecule has 1 aromatic heterocycles. The zero-order valence-electron chi connectivity index (χ0n) is 7.91. The van der Waals surface area contributed by atoms with Crippen LogP contribution < -0.4 is 5.32 Å². The van der Waals surface area contributed by atoms with Gasteiger partial charge >= 0.3 is 6.18 Å². The van der Waals surface area contributed by atoms with Crippen LogP contribution in [0, 0.1) is 0 Å². The maximum Gasteiger partial charge on any atom is 0.433 e. The molecule has 0 aromatic carbocycles. The second-order valence-electron chi connectivity index (χ2n) is 2.99. The first-order valence-corrected chi connectivity index (χ1v) is 4.22. The largest absolute Gasteiger partial charge is 0.433 e. The first-order valence-electron chi connectivity index (χ1n) is 4.22. The van der Waals surface area contributed by atoms with E-state index in [0.717, 1.165) is 12.3 Å². The lowest BCUT2D eigenvalue weighted by molar-refractivity contribution is -0.141. The second-order valence-corrected chi connectivity index (χ2v) is 2.99. The van der Waals surface area contributed by atoms with Crippen LogP contribution in [-0.2, 0) is 6.18 Å². The number of aliphatic hydroxyl groups is 1. The van der Waals surface area contributed by atoms with E-state index in [2.05, 4.69) is 15.3 Å². The lowest BCUT2D eigenvalue weighted by atomic mass is 10.4. The number of alkyl halides is 3. The standard InChI is InChI=1S/C8H10F3N3O/c1-5(15)4-13-7-12-3-2-6(14-7)8(9,10)11/h2-3,5,15H,4H2,1H3,(H,12,13,14). The van der Waals surface area contributed by atoms with Gasteiger partial charge in [0.2, 0.25) is 5.95 Å². The Kier molecular flexibility index (Phi) is 3.46. The lowest BCUT2D eigenvalue weighted by Crippen LogP contribution is -2.18. The first-order chi connectivity index (χ1) is 6.89. The minimum atomic E-state index is -4.48. The maximum atomic E-state index is 12.2. The Hall–Kier alpha value is -1.37. The quantitative estimate of drug-likeness (QED) is 0.807. The summed E-state index contributed by atoms with van der Waals surface area (Å²) in [5.74, 6) is -0.147. The first kappa shape index (κ1) is 11.7. The number of rotatable bonds is 3. The highest BCUT2D eigenvalue weighted by Gasteiger charge is 2.32. The van der Waals surface area contributed by atoms with Gasteiger partial charge in [0.05, 0.1) is 6.10 Å². The van der Waals surface area contributed by atoms with E-state index in [1.54, 1.807) is 0 Å². The van der Waals surface area contributed by atoms with Gasteiger partial charge in [-0.15, -0.1) is 0 Å². The molecule has 1 aromatic rings. The van der Waals surface area contributed by atoms with E-state index < -0.39 is 18.0 Å². The Balaban J connectivity index is 2.75. The van der Waals surface area contributed by atoms with E-state index in [9.17, 15) is 13.2 Å². The Morgan fingerprint density at radius 2 is 2.20 bits per heavy atom. The smallest absolute Gasteiger partial charge is 0.392 e. The summed E-state index contributed by atoms with van der Waals surface area (Å²) in [6.07, 6.45) is -4.15. The van der Waals surface area contributed by atoms with Gasteiger partial charge in [0, 0.05) is 12.7 Å². The lowest BCUT2D eigenvalue weighted by Gasteiger charge is -2.09. The fourth-order valence-electron chi connectivity index (χ4n) is 0.841. The molecular weight excluding hydrogens is 211 g/mol. The Morgan fingerprint density at radius 3 is 2.73 bits per heavy atom. The molecule has 0 spiro atoms. The van der Waals surface area contributed by atoms with E-state index >= 15 is 0 Å². The van der Waals surface area contributed by atoms with Crippen molar-refractivity contribution in [1.29, 1.82) is 0 Å². The molecule has 0 saturated heterocycles. The third-order valence-corrected chi connectivity index (χ3v) is 1.50. The molecule has 1 unspecified atom stereocenters. The SMILES string of the molecule is CC(O)CNc1nccc(C(F)(F)F)n1. The number of anilines is 1. The van der Waals surface area contributed by atoms with Gasteiger partial charge in [0.15, 0.2) is 0 Å². The zero-order valence-corrected chi connectivity index (χ0v) is 7.91. The van der Waals surface area contributed by atoms with Gasteiger partial charge in [-0.1, -0.05) is 0 Å². The Bertz CT molecular complexity index is 327. The summed E-state index contributed by atoms with van der Waals surface area (Å²) in [6, 6.07) is 0.785. The van der Waals surface area contributed by atoms with Crippen LogP contribution in [0.2, 0.25) is 0 Å². The molecule has 0 aliphatic heterocycles. The van der Waals surface area contributed by atoms with Crippen molar-refractivity contribution >= 4 is 5.95 Å². The molecular formula is C8H10F3N3O. The summed E-state index contributed by atoms with van der Waals surface area (Å²) >= 11 is 0. The van der Waals surface area contributed by atoms with Crippen molar-refractivity contribution < 1.29 is 18.3 Å². The third-order valence-electron chi connectivity index (χ3n) is 1.50. The summed E-state index contributed by atoms with van der Waals surface area (Å²) in [7, 11) is 0. The molecule has 0 bridgehead atoms. The molecule has 1 heterocycles. The van der Waals surface area contributed by atoms with Crippen LogP contribution in [0.1, 0.15) is 12.6 Å². The molecule has 1 atom stereocenters. The van der Waals surface area contributed by atoms with Crippen molar-refractivity contribution in [1.82, 2.24) is 9.97 Å². The van der Waals surface area contributed by atoms with Crippen LogP contribution >= 0.6 is 0 Å². The van der Waals surface area contributed by atoms with Gasteiger partial charge in [-0.3, -0.25) is 0 Å². The molecule has 7 heteroatoms. The fraction of sp³-hybridized carbons (Fsp3) is 0.500. The topological polar surface area (TPSA) is 58.0 Å². The molecule has 0 amide bonds. The number of halogens is 3. The van der Waals surface area contributed by atoms with Gasteiger partial charge in [-0.2, -0.15) is 13.2 Å². The van der Waals surface area contributed by atoms with Crippen LogP contribution in [0.4, 0.5) is 19.1 Å². The molecule has 0 aliphatic rings. The van der Waals surface area contributed by atoms with Crippen LogP contribution in [0.5, 0.6) is 0 Å². The Labute approximate surface area is 84.2 Å². The summed E-state index contributed by atoms with van der Waals surface area (Å²) < 4.78 is 36.6. The van der Waals surface area contributed by atoms with Crippen LogP contribution in [0.25, 0.3) is 0 Å². The van der Waals surface area contributed by atoms with Gasteiger partial charge in [0.25, 0.3) is 0 Å². The molecule has 0 radical (unpaired) electrons. The van der Waals surface area contributed by atoms with Crippen molar-refractivity contribution in [3.8, 4) is 0 Å². The predicted molar refractivity (Wildman–Crippen MR) is 47.2 cm³/mol. The highest BCUT2D eigenvalue weighted by Crippen LogP contribution is 2.27. The number of aromatic nitrogens is 2.